The van der Waals surface area contributed by atoms with Crippen molar-refractivity contribution >= 4 is 22.9 Å². The highest BCUT2D eigenvalue weighted by Crippen LogP contribution is 2.39. The molecule has 1 atom stereocenters. The van der Waals surface area contributed by atoms with E-state index in [-0.39, 0.29) is 16.9 Å². The van der Waals surface area contributed by atoms with Gasteiger partial charge in [0.05, 0.1) is 17.3 Å². The molecule has 0 saturated heterocycles. The SMILES string of the molecule is CC(C)[C@H]1c2c(c(=O)c3ccccc3n2C)C(=O)N1C(=O)OC(C)(C)C. The third-order valence-corrected chi connectivity index (χ3v) is 4.57. The van der Waals surface area contributed by atoms with Crippen LogP contribution in [0.25, 0.3) is 10.9 Å². The summed E-state index contributed by atoms with van der Waals surface area (Å²) in [6, 6.07) is 6.61. The highest BCUT2D eigenvalue weighted by atomic mass is 16.6. The Morgan fingerprint density at radius 3 is 2.35 bits per heavy atom. The zero-order valence-electron chi connectivity index (χ0n) is 16.0. The molecule has 6 heteroatoms. The van der Waals surface area contributed by atoms with E-state index in [2.05, 4.69) is 0 Å². The Morgan fingerprint density at radius 2 is 1.77 bits per heavy atom. The van der Waals surface area contributed by atoms with E-state index < -0.39 is 23.6 Å². The summed E-state index contributed by atoms with van der Waals surface area (Å²) in [4.78, 5) is 39.9. The number of pyridine rings is 1. The highest BCUT2D eigenvalue weighted by Gasteiger charge is 2.47. The Bertz CT molecular complexity index is 966. The lowest BCUT2D eigenvalue weighted by Gasteiger charge is -2.30. The van der Waals surface area contributed by atoms with Gasteiger partial charge in [-0.2, -0.15) is 0 Å². The Kier molecular flexibility index (Phi) is 4.17. The molecule has 2 aromatic rings. The summed E-state index contributed by atoms with van der Waals surface area (Å²) in [5, 5.41) is 0.468. The molecule has 0 aliphatic carbocycles. The molecule has 26 heavy (non-hydrogen) atoms. The third-order valence-electron chi connectivity index (χ3n) is 4.57. The van der Waals surface area contributed by atoms with Gasteiger partial charge in [0.1, 0.15) is 11.2 Å². The number of hydrogen-bond donors (Lipinski definition) is 0. The zero-order chi connectivity index (χ0) is 19.4. The summed E-state index contributed by atoms with van der Waals surface area (Å²) in [7, 11) is 1.82. The van der Waals surface area contributed by atoms with Crippen LogP contribution in [0.3, 0.4) is 0 Å². The van der Waals surface area contributed by atoms with E-state index >= 15 is 0 Å². The zero-order valence-corrected chi connectivity index (χ0v) is 16.0. The monoisotopic (exact) mass is 356 g/mol. The predicted molar refractivity (Wildman–Crippen MR) is 99.2 cm³/mol. The first-order valence-electron chi connectivity index (χ1n) is 8.72. The molecule has 0 unspecified atom stereocenters. The lowest BCUT2D eigenvalue weighted by molar-refractivity contribution is 0.0148. The largest absolute Gasteiger partial charge is 0.443 e. The molecular formula is C20H24N2O4. The average molecular weight is 356 g/mol. The first-order chi connectivity index (χ1) is 12.0. The van der Waals surface area contributed by atoms with Gasteiger partial charge in [0, 0.05) is 12.4 Å². The van der Waals surface area contributed by atoms with Crippen molar-refractivity contribution in [2.45, 2.75) is 46.3 Å². The second-order valence-electron chi connectivity index (χ2n) is 8.01. The van der Waals surface area contributed by atoms with Crippen molar-refractivity contribution in [2.24, 2.45) is 13.0 Å². The van der Waals surface area contributed by atoms with Crippen LogP contribution in [-0.2, 0) is 11.8 Å². The fourth-order valence-corrected chi connectivity index (χ4v) is 3.55. The minimum absolute atomic E-state index is 0.0655. The number of carbonyl (C=O) groups excluding carboxylic acids is 2. The standard InChI is InChI=1S/C20H24N2O4/c1-11(2)15-16-14(18(24)22(15)19(25)26-20(3,4)5)17(23)12-9-7-8-10-13(12)21(16)6/h7-11,15H,1-6H3/t15-/m0/s1. The summed E-state index contributed by atoms with van der Waals surface area (Å²) in [6.07, 6.45) is -0.721. The quantitative estimate of drug-likeness (QED) is 0.782. The number of nitrogens with zero attached hydrogens (tertiary/aromatic N) is 2. The third kappa shape index (κ3) is 2.69. The van der Waals surface area contributed by atoms with Gasteiger partial charge in [-0.3, -0.25) is 9.59 Å². The molecule has 0 radical (unpaired) electrons. The van der Waals surface area contributed by atoms with E-state index in [4.69, 9.17) is 4.74 Å². The van der Waals surface area contributed by atoms with Crippen LogP contribution in [0.4, 0.5) is 4.79 Å². The maximum Gasteiger partial charge on any atom is 0.417 e. The minimum Gasteiger partial charge on any atom is -0.443 e. The van der Waals surface area contributed by atoms with Crippen molar-refractivity contribution in [2.75, 3.05) is 0 Å². The predicted octanol–water partition coefficient (Wildman–Crippen LogP) is 3.63. The first kappa shape index (κ1) is 18.2. The molecule has 2 amide bonds. The molecule has 0 N–H and O–H groups in total. The van der Waals surface area contributed by atoms with Crippen LogP contribution in [0.15, 0.2) is 29.1 Å². The van der Waals surface area contributed by atoms with Crippen molar-refractivity contribution < 1.29 is 14.3 Å². The van der Waals surface area contributed by atoms with Gasteiger partial charge in [0.15, 0.2) is 0 Å². The molecule has 2 heterocycles. The van der Waals surface area contributed by atoms with Crippen molar-refractivity contribution in [3.05, 3.63) is 45.7 Å². The number of benzene rings is 1. The van der Waals surface area contributed by atoms with E-state index in [0.717, 1.165) is 10.4 Å². The molecule has 1 aliphatic rings. The van der Waals surface area contributed by atoms with Gasteiger partial charge < -0.3 is 9.30 Å². The van der Waals surface area contributed by atoms with E-state index in [1.54, 1.807) is 32.9 Å². The molecule has 0 spiro atoms. The Balaban J connectivity index is 2.27. The minimum atomic E-state index is -0.735. The molecule has 0 bridgehead atoms. The Labute approximate surface area is 152 Å². The number of aromatic nitrogens is 1. The topological polar surface area (TPSA) is 68.6 Å². The molecular weight excluding hydrogens is 332 g/mol. The molecule has 6 nitrogen and oxygen atoms in total. The molecule has 1 aromatic carbocycles. The summed E-state index contributed by atoms with van der Waals surface area (Å²) in [6.45, 7) is 9.08. The number of aryl methyl sites for hydroxylation is 1. The Hall–Kier alpha value is -2.63. The van der Waals surface area contributed by atoms with Crippen LogP contribution in [0.2, 0.25) is 0 Å². The maximum atomic E-state index is 13.1. The van der Waals surface area contributed by atoms with Crippen LogP contribution in [0.1, 0.15) is 56.7 Å². The van der Waals surface area contributed by atoms with Crippen LogP contribution < -0.4 is 5.43 Å². The van der Waals surface area contributed by atoms with Crippen LogP contribution >= 0.6 is 0 Å². The highest BCUT2D eigenvalue weighted by molar-refractivity contribution is 6.08. The Morgan fingerprint density at radius 1 is 1.15 bits per heavy atom. The van der Waals surface area contributed by atoms with Crippen molar-refractivity contribution in [1.82, 2.24) is 9.47 Å². The molecule has 3 rings (SSSR count). The van der Waals surface area contributed by atoms with Gasteiger partial charge in [0.2, 0.25) is 5.43 Å². The molecule has 1 aliphatic heterocycles. The molecule has 1 aromatic heterocycles. The van der Waals surface area contributed by atoms with E-state index in [1.165, 1.54) is 0 Å². The number of fused-ring (bicyclic) bond motifs is 2. The van der Waals surface area contributed by atoms with E-state index in [9.17, 15) is 14.4 Å². The second-order valence-corrected chi connectivity index (χ2v) is 8.01. The fraction of sp³-hybridized carbons (Fsp3) is 0.450. The van der Waals surface area contributed by atoms with Crippen molar-refractivity contribution in [3.8, 4) is 0 Å². The van der Waals surface area contributed by atoms with Crippen LogP contribution in [-0.4, -0.2) is 27.1 Å². The van der Waals surface area contributed by atoms with Gasteiger partial charge in [-0.05, 0) is 38.8 Å². The van der Waals surface area contributed by atoms with E-state index in [1.807, 2.05) is 37.6 Å². The van der Waals surface area contributed by atoms with Gasteiger partial charge >= 0.3 is 6.09 Å². The van der Waals surface area contributed by atoms with Gasteiger partial charge in [-0.25, -0.2) is 9.69 Å². The van der Waals surface area contributed by atoms with Gasteiger partial charge in [-0.1, -0.05) is 26.0 Å². The molecule has 138 valence electrons. The average Bonchev–Trinajstić information content (AvgIpc) is 2.85. The maximum absolute atomic E-state index is 13.1. The van der Waals surface area contributed by atoms with Crippen LogP contribution in [0.5, 0.6) is 0 Å². The fourth-order valence-electron chi connectivity index (χ4n) is 3.55. The summed E-state index contributed by atoms with van der Waals surface area (Å²) in [5.74, 6) is -0.654. The van der Waals surface area contributed by atoms with E-state index in [0.29, 0.717) is 11.1 Å². The number of carbonyl (C=O) groups is 2. The van der Waals surface area contributed by atoms with Crippen LogP contribution in [0, 0.1) is 5.92 Å². The first-order valence-corrected chi connectivity index (χ1v) is 8.72. The molecule has 0 saturated carbocycles. The number of hydrogen-bond acceptors (Lipinski definition) is 4. The number of imide groups is 1. The summed E-state index contributed by atoms with van der Waals surface area (Å²) < 4.78 is 7.28. The normalized spacial score (nSPS) is 17.1. The summed E-state index contributed by atoms with van der Waals surface area (Å²) in [5.41, 5.74) is 0.299. The number of ether oxygens (including phenoxy) is 1. The lowest BCUT2D eigenvalue weighted by atomic mass is 9.98. The lowest BCUT2D eigenvalue weighted by Crippen LogP contribution is -2.41. The second kappa shape index (κ2) is 5.97. The molecule has 0 fully saturated rings. The van der Waals surface area contributed by atoms with Gasteiger partial charge in [0.25, 0.3) is 5.91 Å². The number of rotatable bonds is 1. The number of para-hydroxylation sites is 1. The van der Waals surface area contributed by atoms with Crippen molar-refractivity contribution in [3.63, 3.8) is 0 Å². The smallest absolute Gasteiger partial charge is 0.417 e. The van der Waals surface area contributed by atoms with Gasteiger partial charge in [-0.15, -0.1) is 0 Å². The summed E-state index contributed by atoms with van der Waals surface area (Å²) >= 11 is 0. The van der Waals surface area contributed by atoms with Crippen molar-refractivity contribution in [1.29, 1.82) is 0 Å². The number of amides is 2.